The van der Waals surface area contributed by atoms with Gasteiger partial charge >= 0.3 is 6.18 Å². The Kier molecular flexibility index (Phi) is 11.1. The van der Waals surface area contributed by atoms with E-state index in [9.17, 15) is 39.5 Å². The summed E-state index contributed by atoms with van der Waals surface area (Å²) in [5.74, 6) is -18.6. The van der Waals surface area contributed by atoms with E-state index in [2.05, 4.69) is 14.5 Å². The number of fused-ring (bicyclic) bond motifs is 2. The van der Waals surface area contributed by atoms with Gasteiger partial charge in [0.2, 0.25) is 11.4 Å². The van der Waals surface area contributed by atoms with E-state index in [0.29, 0.717) is 29.8 Å². The molecule has 0 atom stereocenters. The van der Waals surface area contributed by atoms with Crippen molar-refractivity contribution in [3.8, 4) is 30.3 Å². The molecule has 7 rings (SSSR count). The fourth-order valence-electron chi connectivity index (χ4n) is 7.88. The summed E-state index contributed by atoms with van der Waals surface area (Å²) in [4.78, 5) is 9.05. The van der Waals surface area contributed by atoms with E-state index in [1.54, 1.807) is 25.1 Å². The lowest BCUT2D eigenvalue weighted by molar-refractivity contribution is -0.137. The van der Waals surface area contributed by atoms with Crippen molar-refractivity contribution in [2.45, 2.75) is 13.1 Å². The molecule has 0 saturated heterocycles. The molecule has 8 nitrogen and oxygen atoms in total. The summed E-state index contributed by atoms with van der Waals surface area (Å²) in [6.07, 6.45) is -5.00. The van der Waals surface area contributed by atoms with Crippen molar-refractivity contribution in [1.29, 1.82) is 26.3 Å². The van der Waals surface area contributed by atoms with E-state index in [1.807, 2.05) is 0 Å². The molecular weight excluding hydrogens is 898 g/mol. The molecule has 320 valence electrons. The van der Waals surface area contributed by atoms with E-state index in [-0.39, 0.29) is 5.56 Å². The predicted molar refractivity (Wildman–Crippen MR) is 214 cm³/mol. The molecule has 0 aromatic heterocycles. The Morgan fingerprint density at radius 1 is 0.522 bits per heavy atom. The lowest BCUT2D eigenvalue weighted by Crippen LogP contribution is -2.08. The molecule has 0 N–H and O–H groups in total. The second kappa shape index (κ2) is 16.4. The molecule has 0 spiro atoms. The van der Waals surface area contributed by atoms with Crippen molar-refractivity contribution < 1.29 is 48.3 Å². The van der Waals surface area contributed by atoms with Crippen LogP contribution in [0.4, 0.5) is 54.0 Å². The molecule has 0 unspecified atom stereocenters. The van der Waals surface area contributed by atoms with Crippen LogP contribution >= 0.6 is 0 Å². The Morgan fingerprint density at radius 2 is 1.00 bits per heavy atom. The summed E-state index contributed by atoms with van der Waals surface area (Å²) < 4.78 is 167. The lowest BCUT2D eigenvalue weighted by Gasteiger charge is -2.19. The van der Waals surface area contributed by atoms with Crippen molar-refractivity contribution in [2.75, 3.05) is 0 Å². The van der Waals surface area contributed by atoms with Crippen LogP contribution in [0, 0.1) is 130 Å². The monoisotopic (exact) mass is 908 g/mol. The third-order valence-electron chi connectivity index (χ3n) is 10.7. The summed E-state index contributed by atoms with van der Waals surface area (Å²) in [6, 6.07) is 15.0. The van der Waals surface area contributed by atoms with Crippen LogP contribution in [-0.4, -0.2) is 0 Å². The molecule has 19 heteroatoms. The van der Waals surface area contributed by atoms with Gasteiger partial charge in [-0.3, -0.25) is 0 Å². The Bertz CT molecular complexity index is 3610. The Balaban J connectivity index is 1.83. The number of aryl methyl sites for hydroxylation is 1. The van der Waals surface area contributed by atoms with Gasteiger partial charge in [-0.2, -0.15) is 39.5 Å². The zero-order valence-electron chi connectivity index (χ0n) is 32.9. The van der Waals surface area contributed by atoms with Gasteiger partial charge in [0.25, 0.3) is 5.69 Å². The van der Waals surface area contributed by atoms with Gasteiger partial charge in [0.1, 0.15) is 29.8 Å². The quantitative estimate of drug-likeness (QED) is 0.0766. The van der Waals surface area contributed by atoms with Crippen LogP contribution < -0.4 is 0 Å². The Morgan fingerprint density at radius 3 is 1.45 bits per heavy atom. The van der Waals surface area contributed by atoms with Crippen LogP contribution in [0.3, 0.4) is 0 Å². The van der Waals surface area contributed by atoms with Gasteiger partial charge in [-0.1, -0.05) is 42.0 Å². The molecule has 2 aliphatic carbocycles. The number of rotatable bonds is 4. The fourth-order valence-corrected chi connectivity index (χ4v) is 7.88. The van der Waals surface area contributed by atoms with Crippen molar-refractivity contribution >= 4 is 50.5 Å². The summed E-state index contributed by atoms with van der Waals surface area (Å²) >= 11 is 0. The number of benzene rings is 5. The Labute approximate surface area is 369 Å². The molecule has 0 bridgehead atoms. The van der Waals surface area contributed by atoms with Gasteiger partial charge in [-0.05, 0) is 63.6 Å². The average molecular weight is 909 g/mol. The summed E-state index contributed by atoms with van der Waals surface area (Å²) in [7, 11) is 0. The number of nitrogens with zero attached hydrogens (tertiary/aromatic N) is 8. The van der Waals surface area contributed by atoms with E-state index in [0.717, 1.165) is 6.07 Å². The highest BCUT2D eigenvalue weighted by Gasteiger charge is 2.45. The van der Waals surface area contributed by atoms with Crippen LogP contribution in [0.15, 0.2) is 48.5 Å². The third-order valence-corrected chi connectivity index (χ3v) is 10.7. The zero-order chi connectivity index (χ0) is 49.1. The molecule has 2 aliphatic rings. The first-order chi connectivity index (χ1) is 31.8. The van der Waals surface area contributed by atoms with Crippen LogP contribution in [0.5, 0.6) is 0 Å². The van der Waals surface area contributed by atoms with Gasteiger partial charge in [-0.15, -0.1) is 0 Å². The first-order valence-corrected chi connectivity index (χ1v) is 18.2. The van der Waals surface area contributed by atoms with Crippen molar-refractivity contribution in [3.05, 3.63) is 202 Å². The second-order valence-corrected chi connectivity index (χ2v) is 14.0. The lowest BCUT2D eigenvalue weighted by atomic mass is 9.82. The normalized spacial score (nSPS) is 14.1. The minimum absolute atomic E-state index is 0.130. The maximum absolute atomic E-state index is 16.0. The molecule has 0 aliphatic heterocycles. The highest BCUT2D eigenvalue weighted by atomic mass is 19.4. The van der Waals surface area contributed by atoms with E-state index in [4.69, 9.17) is 19.7 Å². The molecule has 0 heterocycles. The first kappa shape index (κ1) is 45.2. The van der Waals surface area contributed by atoms with Gasteiger partial charge in [0, 0.05) is 11.1 Å². The van der Waals surface area contributed by atoms with Crippen molar-refractivity contribution in [2.24, 2.45) is 0 Å². The number of hydrogen-bond acceptors (Lipinski definition) is 5. The minimum Gasteiger partial charge on any atom is -0.237 e. The SMILES string of the molecule is [C-]#[N+]C1=C(c2ccc(C)cc2)/C(=C(/C#N)c2c(F)c(F)c([N+]#[C-])c(F)c2F)c2c(C#N)c3c(c(C#N)c21)/C(=C(\[N+]#[C-])c1c(F)c(F)c(C#N)c(F)c1F)C(c1ccc(C(F)(F)F)cc1)=C3C#N. The Hall–Kier alpha value is -9.79. The molecule has 0 fully saturated rings. The van der Waals surface area contributed by atoms with Crippen LogP contribution in [0.1, 0.15) is 72.3 Å². The topological polar surface area (TPSA) is 132 Å². The zero-order valence-corrected chi connectivity index (χ0v) is 32.9. The fraction of sp³-hybridized carbons (Fsp3) is 0.0417. The van der Waals surface area contributed by atoms with E-state index < -0.39 is 164 Å². The highest BCUT2D eigenvalue weighted by molar-refractivity contribution is 6.35. The minimum atomic E-state index is -5.00. The highest BCUT2D eigenvalue weighted by Crippen LogP contribution is 2.60. The third kappa shape index (κ3) is 6.44. The van der Waals surface area contributed by atoms with Crippen molar-refractivity contribution in [1.82, 2.24) is 0 Å². The standard InChI is InChI=1S/C48H11F11N8/c1-18-5-7-20(8-6-18)28-30(25(16-63)34-39(51)43(55)47(67-4)44(56)40(34)52)32-23(14-61)29-22(13-60)27(19-9-11-21(12-10-19)48(57,58)59)35(31(29)24(15-62)33(32)45(28)65-2)46(66-3)36-41(53)37(49)26(17-64)38(50)42(36)54/h5-12H,1H3/b30-25+,46-35-. The number of allylic oxidation sites excluding steroid dienone is 6. The second-order valence-electron chi connectivity index (χ2n) is 14.0. The number of alkyl halides is 3. The summed E-state index contributed by atoms with van der Waals surface area (Å²) in [6.45, 7) is 25.1. The van der Waals surface area contributed by atoms with Crippen LogP contribution in [-0.2, 0) is 6.18 Å². The number of hydrogen-bond donors (Lipinski definition) is 0. The number of halogens is 11. The van der Waals surface area contributed by atoms with Crippen LogP contribution in [0.25, 0.3) is 59.4 Å². The largest absolute Gasteiger partial charge is 0.416 e. The van der Waals surface area contributed by atoms with E-state index in [1.165, 1.54) is 30.3 Å². The van der Waals surface area contributed by atoms with E-state index >= 15 is 35.1 Å². The maximum atomic E-state index is 16.0. The maximum Gasteiger partial charge on any atom is 0.416 e. The smallest absolute Gasteiger partial charge is 0.237 e. The molecule has 5 aromatic rings. The van der Waals surface area contributed by atoms with Gasteiger partial charge in [0.15, 0.2) is 46.5 Å². The van der Waals surface area contributed by atoms with Crippen LogP contribution in [0.2, 0.25) is 0 Å². The number of nitriles is 5. The molecule has 0 saturated carbocycles. The first-order valence-electron chi connectivity index (χ1n) is 18.2. The van der Waals surface area contributed by atoms with Gasteiger partial charge < -0.3 is 0 Å². The average Bonchev–Trinajstić information content (AvgIpc) is 3.83. The van der Waals surface area contributed by atoms with Crippen molar-refractivity contribution in [3.63, 3.8) is 0 Å². The van der Waals surface area contributed by atoms with Gasteiger partial charge in [-0.25, -0.2) is 49.7 Å². The predicted octanol–water partition coefficient (Wildman–Crippen LogP) is 12.8. The molecule has 0 radical (unpaired) electrons. The molecular formula is C48H11F11N8. The molecule has 5 aromatic carbocycles. The summed E-state index contributed by atoms with van der Waals surface area (Å²) in [5, 5.41) is 53.0. The molecule has 67 heavy (non-hydrogen) atoms. The van der Waals surface area contributed by atoms with Gasteiger partial charge in [0.05, 0.1) is 64.7 Å². The molecule has 0 amide bonds. The summed E-state index contributed by atoms with van der Waals surface area (Å²) in [5.41, 5.74) is -21.8.